The second-order valence-corrected chi connectivity index (χ2v) is 6.09. The standard InChI is InChI=1S/C16H20N4O/c1-19-13-6-3-2-5-12(13)18-16(19)20-10-4-7-14(20)15(21)17-11-8-9-11/h2-3,5-6,11,14H,4,7-10H2,1H3,(H,17,21). The zero-order valence-electron chi connectivity index (χ0n) is 12.2. The van der Waals surface area contributed by atoms with Gasteiger partial charge >= 0.3 is 0 Å². The molecule has 1 unspecified atom stereocenters. The quantitative estimate of drug-likeness (QED) is 0.935. The van der Waals surface area contributed by atoms with Crippen molar-refractivity contribution < 1.29 is 4.79 Å². The van der Waals surface area contributed by atoms with Crippen molar-refractivity contribution in [3.63, 3.8) is 0 Å². The Balaban J connectivity index is 1.66. The number of nitrogens with one attached hydrogen (secondary N) is 1. The SMILES string of the molecule is Cn1c(N2CCCC2C(=O)NC2CC2)nc2ccccc21. The molecular formula is C16H20N4O. The van der Waals surface area contributed by atoms with Gasteiger partial charge in [0.25, 0.3) is 0 Å². The lowest BCUT2D eigenvalue weighted by Crippen LogP contribution is -2.45. The predicted octanol–water partition coefficient (Wildman–Crippen LogP) is 1.82. The third-order valence-electron chi connectivity index (χ3n) is 4.50. The van der Waals surface area contributed by atoms with Crippen LogP contribution in [0.4, 0.5) is 5.95 Å². The van der Waals surface area contributed by atoms with Crippen molar-refractivity contribution in [2.24, 2.45) is 7.05 Å². The summed E-state index contributed by atoms with van der Waals surface area (Å²) in [6.45, 7) is 0.903. The van der Waals surface area contributed by atoms with Gasteiger partial charge in [-0.1, -0.05) is 12.1 Å². The van der Waals surface area contributed by atoms with Gasteiger partial charge in [-0.3, -0.25) is 4.79 Å². The zero-order valence-corrected chi connectivity index (χ0v) is 12.2. The molecule has 0 radical (unpaired) electrons. The predicted molar refractivity (Wildman–Crippen MR) is 82.2 cm³/mol. The number of imidazole rings is 1. The van der Waals surface area contributed by atoms with Crippen LogP contribution < -0.4 is 10.2 Å². The number of carbonyl (C=O) groups excluding carboxylic acids is 1. The molecule has 1 N–H and O–H groups in total. The molecule has 2 aromatic rings. The van der Waals surface area contributed by atoms with Gasteiger partial charge in [0.2, 0.25) is 11.9 Å². The van der Waals surface area contributed by atoms with E-state index in [9.17, 15) is 4.79 Å². The molecule has 5 heteroatoms. The van der Waals surface area contributed by atoms with Gasteiger partial charge in [0.05, 0.1) is 11.0 Å². The number of benzene rings is 1. The van der Waals surface area contributed by atoms with E-state index in [0.717, 1.165) is 49.2 Å². The maximum absolute atomic E-state index is 12.4. The number of hydrogen-bond donors (Lipinski definition) is 1. The topological polar surface area (TPSA) is 50.2 Å². The third kappa shape index (κ3) is 2.17. The Morgan fingerprint density at radius 1 is 1.29 bits per heavy atom. The Hall–Kier alpha value is -2.04. The number of amides is 1. The molecule has 4 rings (SSSR count). The molecule has 1 aromatic heterocycles. The highest BCUT2D eigenvalue weighted by atomic mass is 16.2. The normalized spacial score (nSPS) is 22.0. The summed E-state index contributed by atoms with van der Waals surface area (Å²) in [5.74, 6) is 1.08. The molecular weight excluding hydrogens is 264 g/mol. The minimum atomic E-state index is -0.0684. The summed E-state index contributed by atoms with van der Waals surface area (Å²) in [6, 6.07) is 8.46. The van der Waals surface area contributed by atoms with Gasteiger partial charge in [-0.15, -0.1) is 0 Å². The lowest BCUT2D eigenvalue weighted by Gasteiger charge is -2.24. The Morgan fingerprint density at radius 3 is 2.86 bits per heavy atom. The summed E-state index contributed by atoms with van der Waals surface area (Å²) in [4.78, 5) is 19.3. The Labute approximate surface area is 123 Å². The van der Waals surface area contributed by atoms with Crippen LogP contribution in [0.3, 0.4) is 0 Å². The van der Waals surface area contributed by atoms with E-state index in [4.69, 9.17) is 4.98 Å². The van der Waals surface area contributed by atoms with E-state index >= 15 is 0 Å². The highest BCUT2D eigenvalue weighted by Gasteiger charge is 2.35. The summed E-state index contributed by atoms with van der Waals surface area (Å²) in [6.07, 6.45) is 4.23. The van der Waals surface area contributed by atoms with Crippen molar-refractivity contribution in [2.45, 2.75) is 37.8 Å². The average molecular weight is 284 g/mol. The molecule has 1 atom stereocenters. The van der Waals surface area contributed by atoms with Crippen LogP contribution in [0.15, 0.2) is 24.3 Å². The van der Waals surface area contributed by atoms with Crippen LogP contribution in [0.2, 0.25) is 0 Å². The van der Waals surface area contributed by atoms with Gasteiger partial charge in [-0.25, -0.2) is 4.98 Å². The first kappa shape index (κ1) is 12.7. The van der Waals surface area contributed by atoms with Crippen molar-refractivity contribution in [2.75, 3.05) is 11.4 Å². The maximum Gasteiger partial charge on any atom is 0.243 e. The molecule has 110 valence electrons. The molecule has 1 aromatic carbocycles. The van der Waals surface area contributed by atoms with E-state index in [1.54, 1.807) is 0 Å². The summed E-state index contributed by atoms with van der Waals surface area (Å²) >= 11 is 0. The summed E-state index contributed by atoms with van der Waals surface area (Å²) in [7, 11) is 2.03. The number of carbonyl (C=O) groups is 1. The Bertz CT molecular complexity index is 689. The fourth-order valence-electron chi connectivity index (χ4n) is 3.19. The molecule has 5 nitrogen and oxygen atoms in total. The summed E-state index contributed by atoms with van der Waals surface area (Å²) in [5.41, 5.74) is 2.10. The van der Waals surface area contributed by atoms with E-state index in [0.29, 0.717) is 6.04 Å². The first-order valence-electron chi connectivity index (χ1n) is 7.72. The molecule has 1 amide bonds. The number of rotatable bonds is 3. The van der Waals surface area contributed by atoms with Crippen LogP contribution in [0.1, 0.15) is 25.7 Å². The van der Waals surface area contributed by atoms with Gasteiger partial charge in [0, 0.05) is 19.6 Å². The third-order valence-corrected chi connectivity index (χ3v) is 4.50. The highest BCUT2D eigenvalue weighted by molar-refractivity contribution is 5.87. The van der Waals surface area contributed by atoms with Gasteiger partial charge in [0.15, 0.2) is 0 Å². The Morgan fingerprint density at radius 2 is 2.10 bits per heavy atom. The number of fused-ring (bicyclic) bond motifs is 1. The second-order valence-electron chi connectivity index (χ2n) is 6.09. The number of anilines is 1. The van der Waals surface area contributed by atoms with Crippen LogP contribution in [-0.2, 0) is 11.8 Å². The second kappa shape index (κ2) is 4.76. The summed E-state index contributed by atoms with van der Waals surface area (Å²) in [5, 5.41) is 3.13. The number of para-hydroxylation sites is 2. The molecule has 0 spiro atoms. The smallest absolute Gasteiger partial charge is 0.243 e. The summed E-state index contributed by atoms with van der Waals surface area (Å²) < 4.78 is 2.10. The van der Waals surface area contributed by atoms with Gasteiger partial charge in [-0.05, 0) is 37.8 Å². The van der Waals surface area contributed by atoms with E-state index in [1.807, 2.05) is 25.2 Å². The van der Waals surface area contributed by atoms with E-state index in [-0.39, 0.29) is 11.9 Å². The molecule has 1 aliphatic heterocycles. The molecule has 2 fully saturated rings. The van der Waals surface area contributed by atoms with Crippen LogP contribution in [-0.4, -0.2) is 34.1 Å². The van der Waals surface area contributed by atoms with E-state index in [1.165, 1.54) is 0 Å². The van der Waals surface area contributed by atoms with Crippen molar-refractivity contribution in [3.8, 4) is 0 Å². The van der Waals surface area contributed by atoms with Crippen LogP contribution >= 0.6 is 0 Å². The lowest BCUT2D eigenvalue weighted by atomic mass is 10.2. The number of hydrogen-bond acceptors (Lipinski definition) is 3. The number of nitrogens with zero attached hydrogens (tertiary/aromatic N) is 3. The largest absolute Gasteiger partial charge is 0.352 e. The highest BCUT2D eigenvalue weighted by Crippen LogP contribution is 2.28. The minimum Gasteiger partial charge on any atom is -0.352 e. The van der Waals surface area contributed by atoms with Crippen molar-refractivity contribution in [3.05, 3.63) is 24.3 Å². The molecule has 1 saturated heterocycles. The molecule has 2 heterocycles. The van der Waals surface area contributed by atoms with Gasteiger partial charge < -0.3 is 14.8 Å². The fraction of sp³-hybridized carbons (Fsp3) is 0.500. The monoisotopic (exact) mass is 284 g/mol. The maximum atomic E-state index is 12.4. The van der Waals surface area contributed by atoms with Gasteiger partial charge in [0.1, 0.15) is 6.04 Å². The van der Waals surface area contributed by atoms with E-state index < -0.39 is 0 Å². The first-order valence-corrected chi connectivity index (χ1v) is 7.72. The van der Waals surface area contributed by atoms with Crippen molar-refractivity contribution >= 4 is 22.9 Å². The number of aryl methyl sites for hydroxylation is 1. The van der Waals surface area contributed by atoms with E-state index in [2.05, 4.69) is 20.9 Å². The van der Waals surface area contributed by atoms with Gasteiger partial charge in [-0.2, -0.15) is 0 Å². The van der Waals surface area contributed by atoms with Crippen molar-refractivity contribution in [1.29, 1.82) is 0 Å². The molecule has 21 heavy (non-hydrogen) atoms. The fourth-order valence-corrected chi connectivity index (χ4v) is 3.19. The van der Waals surface area contributed by atoms with Crippen LogP contribution in [0, 0.1) is 0 Å². The molecule has 1 saturated carbocycles. The average Bonchev–Trinajstić information content (AvgIpc) is 3.06. The minimum absolute atomic E-state index is 0.0684. The number of aromatic nitrogens is 2. The lowest BCUT2D eigenvalue weighted by molar-refractivity contribution is -0.122. The Kier molecular flexibility index (Phi) is 2.87. The molecule has 0 bridgehead atoms. The zero-order chi connectivity index (χ0) is 14.4. The van der Waals surface area contributed by atoms with Crippen molar-refractivity contribution in [1.82, 2.24) is 14.9 Å². The molecule has 2 aliphatic rings. The molecule has 1 aliphatic carbocycles. The van der Waals surface area contributed by atoms with Crippen LogP contribution in [0.25, 0.3) is 11.0 Å². The first-order chi connectivity index (χ1) is 10.2. The van der Waals surface area contributed by atoms with Crippen LogP contribution in [0.5, 0.6) is 0 Å².